The Morgan fingerprint density at radius 2 is 1.75 bits per heavy atom. The van der Waals surface area contributed by atoms with E-state index in [1.165, 1.54) is 6.08 Å². The lowest BCUT2D eigenvalue weighted by Crippen LogP contribution is -2.08. The van der Waals surface area contributed by atoms with Crippen LogP contribution in [0.3, 0.4) is 0 Å². The summed E-state index contributed by atoms with van der Waals surface area (Å²) in [6, 6.07) is 16.9. The fourth-order valence-electron chi connectivity index (χ4n) is 3.79. The van der Waals surface area contributed by atoms with E-state index in [1.807, 2.05) is 50.2 Å². The highest BCUT2D eigenvalue weighted by atomic mass is 35.5. The van der Waals surface area contributed by atoms with Gasteiger partial charge in [0.2, 0.25) is 5.91 Å². The summed E-state index contributed by atoms with van der Waals surface area (Å²) in [5.74, 6) is 0.370. The van der Waals surface area contributed by atoms with E-state index in [9.17, 15) is 4.79 Å². The highest BCUT2D eigenvalue weighted by Crippen LogP contribution is 2.40. The van der Waals surface area contributed by atoms with Crippen molar-refractivity contribution in [2.75, 3.05) is 12.4 Å². The highest BCUT2D eigenvalue weighted by Gasteiger charge is 2.18. The maximum Gasteiger partial charge on any atom is 0.248 e. The Morgan fingerprint density at radius 3 is 2.41 bits per heavy atom. The summed E-state index contributed by atoms with van der Waals surface area (Å²) >= 11 is 12.1. The molecular weight excluding hydrogens is 445 g/mol. The summed E-state index contributed by atoms with van der Waals surface area (Å²) in [6.45, 7) is 3.82. The Bertz CT molecular complexity index is 1320. The van der Waals surface area contributed by atoms with Crippen molar-refractivity contribution in [2.45, 2.75) is 13.8 Å². The zero-order chi connectivity index (χ0) is 22.8. The summed E-state index contributed by atoms with van der Waals surface area (Å²) in [7, 11) is 1.61. The molecular formula is C26H21Cl2NO3. The molecule has 3 aromatic carbocycles. The van der Waals surface area contributed by atoms with Gasteiger partial charge in [-0.15, -0.1) is 0 Å². The number of fused-ring (bicyclic) bond motifs is 1. The van der Waals surface area contributed by atoms with Gasteiger partial charge in [-0.25, -0.2) is 0 Å². The molecule has 0 aliphatic carbocycles. The topological polar surface area (TPSA) is 51.5 Å². The summed E-state index contributed by atoms with van der Waals surface area (Å²) in [4.78, 5) is 12.7. The molecule has 1 N–H and O–H groups in total. The molecule has 4 rings (SSSR count). The number of rotatable bonds is 5. The third kappa shape index (κ3) is 4.38. The second-order valence-corrected chi connectivity index (χ2v) is 8.32. The van der Waals surface area contributed by atoms with Crippen molar-refractivity contribution in [3.05, 3.63) is 88.1 Å². The molecule has 0 saturated heterocycles. The minimum Gasteiger partial charge on any atom is -0.496 e. The largest absolute Gasteiger partial charge is 0.496 e. The molecule has 162 valence electrons. The van der Waals surface area contributed by atoms with Gasteiger partial charge in [-0.1, -0.05) is 53.5 Å². The molecule has 6 heteroatoms. The second kappa shape index (κ2) is 9.11. The van der Waals surface area contributed by atoms with Crippen LogP contribution in [0.2, 0.25) is 10.0 Å². The van der Waals surface area contributed by atoms with Gasteiger partial charge in [0.1, 0.15) is 11.3 Å². The Labute approximate surface area is 196 Å². The van der Waals surface area contributed by atoms with Gasteiger partial charge >= 0.3 is 0 Å². The van der Waals surface area contributed by atoms with Crippen molar-refractivity contribution in [3.8, 4) is 16.9 Å². The fourth-order valence-corrected chi connectivity index (χ4v) is 4.32. The molecule has 4 nitrogen and oxygen atoms in total. The summed E-state index contributed by atoms with van der Waals surface area (Å²) in [6.07, 6.45) is 3.28. The van der Waals surface area contributed by atoms with E-state index in [4.69, 9.17) is 32.4 Å². The number of nitrogens with one attached hydrogen (secondary N) is 1. The first-order chi connectivity index (χ1) is 15.4. The van der Waals surface area contributed by atoms with E-state index >= 15 is 0 Å². The zero-order valence-electron chi connectivity index (χ0n) is 17.8. The van der Waals surface area contributed by atoms with E-state index in [1.54, 1.807) is 31.6 Å². The van der Waals surface area contributed by atoms with Crippen molar-refractivity contribution in [1.82, 2.24) is 0 Å². The van der Waals surface area contributed by atoms with Crippen LogP contribution in [0, 0.1) is 6.92 Å². The maximum absolute atomic E-state index is 12.7. The van der Waals surface area contributed by atoms with Gasteiger partial charge < -0.3 is 14.5 Å². The monoisotopic (exact) mass is 465 g/mol. The minimum absolute atomic E-state index is 0.295. The number of carbonyl (C=O) groups excluding carboxylic acids is 1. The zero-order valence-corrected chi connectivity index (χ0v) is 19.3. The lowest BCUT2D eigenvalue weighted by Gasteiger charge is -2.13. The van der Waals surface area contributed by atoms with Crippen molar-refractivity contribution in [1.29, 1.82) is 0 Å². The number of methoxy groups -OCH3 is 1. The lowest BCUT2D eigenvalue weighted by atomic mass is 9.96. The molecule has 0 radical (unpaired) electrons. The molecule has 0 saturated carbocycles. The van der Waals surface area contributed by atoms with Crippen LogP contribution in [-0.2, 0) is 4.79 Å². The number of halogens is 2. The maximum atomic E-state index is 12.7. The van der Waals surface area contributed by atoms with Crippen LogP contribution in [0.25, 0.3) is 27.7 Å². The first-order valence-corrected chi connectivity index (χ1v) is 10.7. The highest BCUT2D eigenvalue weighted by molar-refractivity contribution is 6.35. The van der Waals surface area contributed by atoms with E-state index in [0.717, 1.165) is 38.8 Å². The average Bonchev–Trinajstić information content (AvgIpc) is 3.17. The number of anilines is 1. The SMILES string of the molecule is COc1c(/C(C)=C/C(=O)Nc2cc(Cl)cc(Cl)c2)cc2c(-c3ccccc3)coc2c1C. The Morgan fingerprint density at radius 1 is 1.06 bits per heavy atom. The third-order valence-electron chi connectivity index (χ3n) is 5.24. The molecule has 1 heterocycles. The molecule has 1 aromatic heterocycles. The second-order valence-electron chi connectivity index (χ2n) is 7.45. The fraction of sp³-hybridized carbons (Fsp3) is 0.115. The van der Waals surface area contributed by atoms with Crippen molar-refractivity contribution >= 4 is 51.3 Å². The average molecular weight is 466 g/mol. The van der Waals surface area contributed by atoms with E-state index in [2.05, 4.69) is 5.32 Å². The Hall–Kier alpha value is -3.21. The van der Waals surface area contributed by atoms with Gasteiger partial charge in [-0.3, -0.25) is 4.79 Å². The number of allylic oxidation sites excluding steroid dienone is 1. The van der Waals surface area contributed by atoms with E-state index in [0.29, 0.717) is 21.5 Å². The molecule has 0 aliphatic rings. The molecule has 0 bridgehead atoms. The summed E-state index contributed by atoms with van der Waals surface area (Å²) in [5, 5.41) is 4.66. The van der Waals surface area contributed by atoms with Crippen molar-refractivity contribution < 1.29 is 13.9 Å². The first kappa shape index (κ1) is 22.0. The molecule has 1 amide bonds. The number of benzene rings is 3. The van der Waals surface area contributed by atoms with Gasteiger partial charge in [0.15, 0.2) is 0 Å². The Kier molecular flexibility index (Phi) is 6.26. The van der Waals surface area contributed by atoms with Crippen molar-refractivity contribution in [3.63, 3.8) is 0 Å². The number of hydrogen-bond acceptors (Lipinski definition) is 3. The number of furan rings is 1. The standard InChI is InChI=1S/C26H21Cl2NO3/c1-15(9-24(30)29-20-11-18(27)10-19(28)12-20)21-13-22-23(17-7-5-4-6-8-17)14-32-26(22)16(2)25(21)31-3/h4-14H,1-3H3,(H,29,30)/b15-9+. The number of carbonyl (C=O) groups is 1. The molecule has 0 unspecified atom stereocenters. The molecule has 0 atom stereocenters. The van der Waals surface area contributed by atoms with E-state index < -0.39 is 0 Å². The predicted octanol–water partition coefficient (Wildman–Crippen LogP) is 7.77. The molecule has 0 spiro atoms. The minimum atomic E-state index is -0.295. The van der Waals surface area contributed by atoms with Gasteiger partial charge in [0.05, 0.1) is 13.4 Å². The van der Waals surface area contributed by atoms with Gasteiger partial charge in [0.25, 0.3) is 0 Å². The van der Waals surface area contributed by atoms with Crippen LogP contribution >= 0.6 is 23.2 Å². The van der Waals surface area contributed by atoms with Crippen LogP contribution in [0.4, 0.5) is 5.69 Å². The predicted molar refractivity (Wildman–Crippen MR) is 132 cm³/mol. The Balaban J connectivity index is 1.75. The van der Waals surface area contributed by atoms with Gasteiger partial charge in [0, 0.05) is 43.9 Å². The van der Waals surface area contributed by atoms with E-state index in [-0.39, 0.29) is 5.91 Å². The van der Waals surface area contributed by atoms with Crippen molar-refractivity contribution in [2.24, 2.45) is 0 Å². The molecule has 0 aliphatic heterocycles. The number of aryl methyl sites for hydroxylation is 1. The molecule has 32 heavy (non-hydrogen) atoms. The number of ether oxygens (including phenoxy) is 1. The molecule has 0 fully saturated rings. The molecule has 4 aromatic rings. The smallest absolute Gasteiger partial charge is 0.248 e. The van der Waals surface area contributed by atoms with Gasteiger partial charge in [-0.05, 0) is 49.2 Å². The van der Waals surface area contributed by atoms with Gasteiger partial charge in [-0.2, -0.15) is 0 Å². The van der Waals surface area contributed by atoms with Crippen LogP contribution in [-0.4, -0.2) is 13.0 Å². The van der Waals surface area contributed by atoms with Crippen LogP contribution < -0.4 is 10.1 Å². The normalized spacial score (nSPS) is 11.6. The number of hydrogen-bond donors (Lipinski definition) is 1. The quantitative estimate of drug-likeness (QED) is 0.306. The van der Waals surface area contributed by atoms with Crippen LogP contribution in [0.5, 0.6) is 5.75 Å². The first-order valence-electron chi connectivity index (χ1n) is 9.97. The number of amides is 1. The summed E-state index contributed by atoms with van der Waals surface area (Å²) < 4.78 is 11.6. The lowest BCUT2D eigenvalue weighted by molar-refractivity contribution is -0.111. The summed E-state index contributed by atoms with van der Waals surface area (Å²) in [5.41, 5.74) is 5.76. The third-order valence-corrected chi connectivity index (χ3v) is 5.67. The van der Waals surface area contributed by atoms with Crippen LogP contribution in [0.15, 0.2) is 71.4 Å². The van der Waals surface area contributed by atoms with Crippen LogP contribution in [0.1, 0.15) is 18.1 Å².